The molecule has 11 nitrogen and oxygen atoms in total. The quantitative estimate of drug-likeness (QED) is 0.0195. The monoisotopic (exact) mass is 1330 g/mol. The van der Waals surface area contributed by atoms with Gasteiger partial charge in [-0.1, -0.05) is 378 Å². The SMILES string of the molecule is CCCCCCCCCCCCCCC/C=C/C(O)C(COC1OC(CO)C(O)C(O)C1O)NC(=O)CCCCCCCCCCCCCCCCCCC/C=C\C/C=C\CCCCCCCCCCCCCCCCCOC(=O)CCCCCCCCCCCCCC. The third-order valence-electron chi connectivity index (χ3n) is 19.7. The molecular formula is C83H157NO10. The summed E-state index contributed by atoms with van der Waals surface area (Å²) >= 11 is 0. The average Bonchev–Trinajstić information content (AvgIpc) is 0.831. The average molecular weight is 1330 g/mol. The molecular weight excluding hydrogens is 1170 g/mol. The lowest BCUT2D eigenvalue weighted by Gasteiger charge is -2.40. The van der Waals surface area contributed by atoms with E-state index in [1.807, 2.05) is 6.08 Å². The highest BCUT2D eigenvalue weighted by Gasteiger charge is 2.44. The van der Waals surface area contributed by atoms with Gasteiger partial charge in [-0.25, -0.2) is 0 Å². The van der Waals surface area contributed by atoms with Crippen molar-refractivity contribution in [2.45, 2.75) is 461 Å². The maximum absolute atomic E-state index is 13.1. The first kappa shape index (κ1) is 89.9. The topological polar surface area (TPSA) is 175 Å². The number of allylic oxidation sites excluding steroid dienone is 5. The van der Waals surface area contributed by atoms with Crippen LogP contribution in [0.5, 0.6) is 0 Å². The van der Waals surface area contributed by atoms with Gasteiger partial charge in [0, 0.05) is 12.8 Å². The van der Waals surface area contributed by atoms with Crippen LogP contribution < -0.4 is 5.32 Å². The Morgan fingerprint density at radius 2 is 0.713 bits per heavy atom. The molecule has 94 heavy (non-hydrogen) atoms. The van der Waals surface area contributed by atoms with Crippen LogP contribution in [0.3, 0.4) is 0 Å². The number of carbonyl (C=O) groups excluding carboxylic acids is 2. The van der Waals surface area contributed by atoms with E-state index in [0.717, 1.165) is 57.8 Å². The van der Waals surface area contributed by atoms with E-state index in [2.05, 4.69) is 43.5 Å². The van der Waals surface area contributed by atoms with Crippen LogP contribution in [0.2, 0.25) is 0 Å². The first-order chi connectivity index (χ1) is 46.2. The molecule has 0 saturated carbocycles. The van der Waals surface area contributed by atoms with E-state index >= 15 is 0 Å². The minimum Gasteiger partial charge on any atom is -0.466 e. The predicted molar refractivity (Wildman–Crippen MR) is 398 cm³/mol. The highest BCUT2D eigenvalue weighted by Crippen LogP contribution is 2.24. The Hall–Kier alpha value is -2.12. The first-order valence-corrected chi connectivity index (χ1v) is 41.3. The molecule has 1 rings (SSSR count). The van der Waals surface area contributed by atoms with Crippen molar-refractivity contribution in [3.63, 3.8) is 0 Å². The van der Waals surface area contributed by atoms with E-state index in [9.17, 15) is 35.1 Å². The van der Waals surface area contributed by atoms with Crippen LogP contribution in [0.1, 0.15) is 418 Å². The first-order valence-electron chi connectivity index (χ1n) is 41.3. The van der Waals surface area contributed by atoms with Crippen molar-refractivity contribution in [3.05, 3.63) is 36.5 Å². The fourth-order valence-electron chi connectivity index (χ4n) is 13.3. The Kier molecular flexibility index (Phi) is 69.0. The van der Waals surface area contributed by atoms with Crippen LogP contribution in [-0.4, -0.2) is 100 Å². The van der Waals surface area contributed by atoms with Crippen molar-refractivity contribution in [2.24, 2.45) is 0 Å². The van der Waals surface area contributed by atoms with Gasteiger partial charge in [-0.2, -0.15) is 0 Å². The fourth-order valence-corrected chi connectivity index (χ4v) is 13.3. The highest BCUT2D eigenvalue weighted by molar-refractivity contribution is 5.76. The summed E-state index contributed by atoms with van der Waals surface area (Å²) in [5.74, 6) is -0.159. The van der Waals surface area contributed by atoms with Crippen molar-refractivity contribution in [2.75, 3.05) is 19.8 Å². The summed E-state index contributed by atoms with van der Waals surface area (Å²) in [7, 11) is 0. The molecule has 7 atom stereocenters. The number of hydrogen-bond donors (Lipinski definition) is 6. The standard InChI is InChI=1S/C83H157NO10/c1-3-5-7-9-11-13-15-17-43-46-49-53-57-61-65-69-76(86)75(74-93-83-82(91)81(90)80(89)77(73-85)94-83)84-78(87)70-66-62-58-54-50-47-44-41-39-37-35-33-31-29-27-25-23-21-19-18-20-22-24-26-28-30-32-34-36-38-40-42-45-48-52-56-60-64-68-72-92-79(88)71-67-63-59-55-51-16-14-12-10-8-6-4-2/h18-19,22,24,65,69,75-77,80-83,85-86,89-91H,3-17,20-21,23,25-64,66-68,70-74H2,1-2H3,(H,84,87)/b19-18-,24-22-,69-65+. The lowest BCUT2D eigenvalue weighted by atomic mass is 9.99. The lowest BCUT2D eigenvalue weighted by molar-refractivity contribution is -0.302. The molecule has 0 spiro atoms. The van der Waals surface area contributed by atoms with Crippen LogP contribution in [0, 0.1) is 0 Å². The molecule has 0 radical (unpaired) electrons. The number of hydrogen-bond acceptors (Lipinski definition) is 10. The summed E-state index contributed by atoms with van der Waals surface area (Å²) in [6.07, 6.45) is 84.6. The summed E-state index contributed by atoms with van der Waals surface area (Å²) in [4.78, 5) is 25.2. The van der Waals surface area contributed by atoms with E-state index in [1.54, 1.807) is 6.08 Å². The Morgan fingerprint density at radius 1 is 0.394 bits per heavy atom. The number of esters is 1. The van der Waals surface area contributed by atoms with Crippen LogP contribution in [0.4, 0.5) is 0 Å². The van der Waals surface area contributed by atoms with E-state index in [1.165, 1.54) is 334 Å². The predicted octanol–water partition coefficient (Wildman–Crippen LogP) is 22.5. The van der Waals surface area contributed by atoms with Crippen molar-refractivity contribution in [1.82, 2.24) is 5.32 Å². The Morgan fingerprint density at radius 3 is 1.07 bits per heavy atom. The number of aliphatic hydroxyl groups is 5. The second-order valence-electron chi connectivity index (χ2n) is 28.8. The van der Waals surface area contributed by atoms with Gasteiger partial charge in [-0.15, -0.1) is 0 Å². The van der Waals surface area contributed by atoms with E-state index in [0.29, 0.717) is 19.4 Å². The smallest absolute Gasteiger partial charge is 0.305 e. The van der Waals surface area contributed by atoms with Crippen LogP contribution in [-0.2, 0) is 23.8 Å². The largest absolute Gasteiger partial charge is 0.466 e. The number of amides is 1. The van der Waals surface area contributed by atoms with Gasteiger partial charge in [-0.05, 0) is 64.2 Å². The number of ether oxygens (including phenoxy) is 3. The normalized spacial score (nSPS) is 17.5. The second-order valence-corrected chi connectivity index (χ2v) is 28.8. The molecule has 1 saturated heterocycles. The molecule has 7 unspecified atom stereocenters. The molecule has 0 aliphatic carbocycles. The highest BCUT2D eigenvalue weighted by atomic mass is 16.7. The third-order valence-corrected chi connectivity index (χ3v) is 19.7. The fraction of sp³-hybridized carbons (Fsp3) is 0.904. The van der Waals surface area contributed by atoms with E-state index in [4.69, 9.17) is 14.2 Å². The Balaban J connectivity index is 1.92. The number of carbonyl (C=O) groups is 2. The molecule has 0 aromatic carbocycles. The number of rotatable bonds is 74. The van der Waals surface area contributed by atoms with Gasteiger partial charge in [0.1, 0.15) is 24.4 Å². The second kappa shape index (κ2) is 72.1. The van der Waals surface area contributed by atoms with Gasteiger partial charge in [-0.3, -0.25) is 9.59 Å². The molecule has 0 aromatic heterocycles. The zero-order valence-electron chi connectivity index (χ0n) is 62.0. The number of nitrogens with one attached hydrogen (secondary N) is 1. The summed E-state index contributed by atoms with van der Waals surface area (Å²) in [5.41, 5.74) is 0. The molecule has 1 amide bonds. The lowest BCUT2D eigenvalue weighted by Crippen LogP contribution is -2.60. The van der Waals surface area contributed by atoms with E-state index in [-0.39, 0.29) is 18.5 Å². The maximum atomic E-state index is 13.1. The molecule has 11 heteroatoms. The molecule has 1 aliphatic heterocycles. The van der Waals surface area contributed by atoms with Gasteiger partial charge < -0.3 is 45.1 Å². The summed E-state index contributed by atoms with van der Waals surface area (Å²) < 4.78 is 16.8. The number of unbranched alkanes of at least 4 members (excludes halogenated alkanes) is 56. The van der Waals surface area contributed by atoms with E-state index < -0.39 is 49.5 Å². The molecule has 0 aromatic rings. The summed E-state index contributed by atoms with van der Waals surface area (Å²) in [6, 6.07) is -0.808. The summed E-state index contributed by atoms with van der Waals surface area (Å²) in [5, 5.41) is 54.7. The molecule has 0 bridgehead atoms. The third kappa shape index (κ3) is 59.9. The van der Waals surface area contributed by atoms with Gasteiger partial charge in [0.15, 0.2) is 6.29 Å². The Labute approximate surface area is 581 Å². The molecule has 1 fully saturated rings. The van der Waals surface area contributed by atoms with Crippen molar-refractivity contribution >= 4 is 11.9 Å². The van der Waals surface area contributed by atoms with Gasteiger partial charge in [0.05, 0.1) is 32.0 Å². The van der Waals surface area contributed by atoms with Crippen LogP contribution >= 0.6 is 0 Å². The maximum Gasteiger partial charge on any atom is 0.305 e. The molecule has 554 valence electrons. The molecule has 6 N–H and O–H groups in total. The number of aliphatic hydroxyl groups excluding tert-OH is 5. The van der Waals surface area contributed by atoms with Gasteiger partial charge in [0.25, 0.3) is 0 Å². The Bertz CT molecular complexity index is 1660. The minimum absolute atomic E-state index is 0.0160. The zero-order valence-corrected chi connectivity index (χ0v) is 62.0. The zero-order chi connectivity index (χ0) is 67.9. The summed E-state index contributed by atoms with van der Waals surface area (Å²) in [6.45, 7) is 4.41. The van der Waals surface area contributed by atoms with Crippen molar-refractivity contribution < 1.29 is 49.3 Å². The van der Waals surface area contributed by atoms with Gasteiger partial charge in [0.2, 0.25) is 5.91 Å². The van der Waals surface area contributed by atoms with Crippen molar-refractivity contribution in [1.29, 1.82) is 0 Å². The molecule has 1 aliphatic rings. The van der Waals surface area contributed by atoms with Gasteiger partial charge >= 0.3 is 5.97 Å². The van der Waals surface area contributed by atoms with Crippen molar-refractivity contribution in [3.8, 4) is 0 Å². The molecule has 1 heterocycles. The van der Waals surface area contributed by atoms with Crippen LogP contribution in [0.15, 0.2) is 36.5 Å². The minimum atomic E-state index is -1.57. The van der Waals surface area contributed by atoms with Crippen LogP contribution in [0.25, 0.3) is 0 Å².